The highest BCUT2D eigenvalue weighted by atomic mass is 16.5. The molecular weight excluding hydrogens is 402 g/mol. The van der Waals surface area contributed by atoms with Crippen molar-refractivity contribution < 1.29 is 19.3 Å². The maximum atomic E-state index is 9.78. The monoisotopic (exact) mass is 435 g/mol. The lowest BCUT2D eigenvalue weighted by molar-refractivity contribution is 0.167. The number of ether oxygens (including phenoxy) is 3. The zero-order valence-electron chi connectivity index (χ0n) is 19.4. The summed E-state index contributed by atoms with van der Waals surface area (Å²) in [7, 11) is 3.27. The first kappa shape index (κ1) is 23.6. The molecule has 0 heterocycles. The summed E-state index contributed by atoms with van der Waals surface area (Å²) in [6.45, 7) is 5.57. The van der Waals surface area contributed by atoms with Crippen molar-refractivity contribution in [1.82, 2.24) is 5.32 Å². The molecule has 2 N–H and O–H groups in total. The molecule has 1 atom stereocenters. The third-order valence-electron chi connectivity index (χ3n) is 5.66. The molecule has 5 nitrogen and oxygen atoms in total. The molecule has 0 fully saturated rings. The van der Waals surface area contributed by atoms with Crippen molar-refractivity contribution in [2.75, 3.05) is 20.8 Å². The maximum absolute atomic E-state index is 9.78. The van der Waals surface area contributed by atoms with Crippen LogP contribution in [0.25, 0.3) is 11.1 Å². The van der Waals surface area contributed by atoms with Crippen molar-refractivity contribution in [3.8, 4) is 28.4 Å². The van der Waals surface area contributed by atoms with E-state index in [0.29, 0.717) is 43.4 Å². The summed E-state index contributed by atoms with van der Waals surface area (Å²) in [4.78, 5) is 0. The van der Waals surface area contributed by atoms with Gasteiger partial charge in [0.1, 0.15) is 23.9 Å². The fraction of sp³-hybridized carbons (Fsp3) is 0.333. The summed E-state index contributed by atoms with van der Waals surface area (Å²) in [6.07, 6.45) is 0.336. The Hall–Kier alpha value is -3.02. The third kappa shape index (κ3) is 5.81. The van der Waals surface area contributed by atoms with Gasteiger partial charge in [-0.05, 0) is 35.6 Å². The lowest BCUT2D eigenvalue weighted by atomic mass is 9.97. The molecule has 5 heteroatoms. The number of nitrogens with one attached hydrogen (secondary N) is 1. The summed E-state index contributed by atoms with van der Waals surface area (Å²) in [5.41, 5.74) is 5.63. The molecule has 0 amide bonds. The Morgan fingerprint density at radius 2 is 1.62 bits per heavy atom. The standard InChI is InChI=1S/C27H33NO4/c1-5-22(29)16-28-17-25-26(30-3)14-23(15-27(25)31-4)32-18-21-12-9-13-24(19(21)2)20-10-7-6-8-11-20/h6-15,22,28-29H,5,16-18H2,1-4H3. The van der Waals surface area contributed by atoms with Gasteiger partial charge in [-0.3, -0.25) is 0 Å². The van der Waals surface area contributed by atoms with Crippen LogP contribution in [0.2, 0.25) is 0 Å². The van der Waals surface area contributed by atoms with Crippen molar-refractivity contribution in [2.45, 2.75) is 39.5 Å². The minimum absolute atomic E-state index is 0.371. The molecule has 3 aromatic carbocycles. The molecule has 0 aliphatic heterocycles. The number of aliphatic hydroxyl groups is 1. The van der Waals surface area contributed by atoms with Gasteiger partial charge in [0.2, 0.25) is 0 Å². The van der Waals surface area contributed by atoms with Crippen LogP contribution in [-0.2, 0) is 13.2 Å². The van der Waals surface area contributed by atoms with E-state index in [1.165, 1.54) is 16.7 Å². The molecule has 1 unspecified atom stereocenters. The SMILES string of the molecule is CCC(O)CNCc1c(OC)cc(OCc2cccc(-c3ccccc3)c2C)cc1OC. The van der Waals surface area contributed by atoms with Crippen LogP contribution < -0.4 is 19.5 Å². The predicted octanol–water partition coefficient (Wildman–Crippen LogP) is 5.12. The first-order valence-electron chi connectivity index (χ1n) is 11.0. The smallest absolute Gasteiger partial charge is 0.130 e. The van der Waals surface area contributed by atoms with E-state index in [-0.39, 0.29) is 6.10 Å². The van der Waals surface area contributed by atoms with E-state index in [1.54, 1.807) is 14.2 Å². The molecule has 0 bridgehead atoms. The van der Waals surface area contributed by atoms with Gasteiger partial charge in [0.15, 0.2) is 0 Å². The second-order valence-electron chi connectivity index (χ2n) is 7.74. The van der Waals surface area contributed by atoms with Gasteiger partial charge in [0.05, 0.1) is 25.9 Å². The molecule has 0 saturated heterocycles. The zero-order chi connectivity index (χ0) is 22.9. The lowest BCUT2D eigenvalue weighted by Crippen LogP contribution is -2.26. The Morgan fingerprint density at radius 1 is 0.938 bits per heavy atom. The fourth-order valence-corrected chi connectivity index (χ4v) is 3.66. The molecule has 0 radical (unpaired) electrons. The molecule has 0 aliphatic carbocycles. The van der Waals surface area contributed by atoms with E-state index in [9.17, 15) is 5.11 Å². The number of aliphatic hydroxyl groups excluding tert-OH is 1. The molecule has 170 valence electrons. The Morgan fingerprint density at radius 3 is 2.25 bits per heavy atom. The Kier molecular flexibility index (Phi) is 8.54. The van der Waals surface area contributed by atoms with Gasteiger partial charge < -0.3 is 24.6 Å². The summed E-state index contributed by atoms with van der Waals surface area (Å²) < 4.78 is 17.3. The normalized spacial score (nSPS) is 11.8. The van der Waals surface area contributed by atoms with Gasteiger partial charge in [0, 0.05) is 25.2 Å². The maximum Gasteiger partial charge on any atom is 0.130 e. The topological polar surface area (TPSA) is 60.0 Å². The van der Waals surface area contributed by atoms with Gasteiger partial charge >= 0.3 is 0 Å². The largest absolute Gasteiger partial charge is 0.496 e. The molecular formula is C27H33NO4. The van der Waals surface area contributed by atoms with Crippen LogP contribution in [0.5, 0.6) is 17.2 Å². The van der Waals surface area contributed by atoms with Gasteiger partial charge in [-0.2, -0.15) is 0 Å². The van der Waals surface area contributed by atoms with E-state index in [2.05, 4.69) is 54.7 Å². The zero-order valence-corrected chi connectivity index (χ0v) is 19.4. The van der Waals surface area contributed by atoms with Crippen LogP contribution in [-0.4, -0.2) is 32.0 Å². The molecule has 0 saturated carbocycles. The summed E-state index contributed by atoms with van der Waals surface area (Å²) in [6, 6.07) is 20.4. The molecule has 3 rings (SSSR count). The van der Waals surface area contributed by atoms with Crippen molar-refractivity contribution in [2.24, 2.45) is 0 Å². The minimum Gasteiger partial charge on any atom is -0.496 e. The van der Waals surface area contributed by atoms with E-state index in [4.69, 9.17) is 14.2 Å². The van der Waals surface area contributed by atoms with E-state index in [1.807, 2.05) is 25.1 Å². The van der Waals surface area contributed by atoms with Crippen molar-refractivity contribution in [3.05, 3.63) is 77.4 Å². The summed E-state index contributed by atoms with van der Waals surface area (Å²) in [5, 5.41) is 13.0. The average Bonchev–Trinajstić information content (AvgIpc) is 2.83. The first-order valence-corrected chi connectivity index (χ1v) is 11.0. The van der Waals surface area contributed by atoms with Crippen LogP contribution in [0.15, 0.2) is 60.7 Å². The number of hydrogen-bond acceptors (Lipinski definition) is 5. The fourth-order valence-electron chi connectivity index (χ4n) is 3.66. The first-order chi connectivity index (χ1) is 15.6. The van der Waals surface area contributed by atoms with Crippen LogP contribution in [0.1, 0.15) is 30.0 Å². The van der Waals surface area contributed by atoms with Gasteiger partial charge in [0.25, 0.3) is 0 Å². The Balaban J connectivity index is 1.77. The minimum atomic E-state index is -0.371. The number of hydrogen-bond donors (Lipinski definition) is 2. The van der Waals surface area contributed by atoms with Crippen molar-refractivity contribution in [1.29, 1.82) is 0 Å². The number of rotatable bonds is 11. The summed E-state index contributed by atoms with van der Waals surface area (Å²) >= 11 is 0. The summed E-state index contributed by atoms with van der Waals surface area (Å²) in [5.74, 6) is 2.06. The predicted molar refractivity (Wildman–Crippen MR) is 128 cm³/mol. The highest BCUT2D eigenvalue weighted by Gasteiger charge is 2.15. The van der Waals surface area contributed by atoms with E-state index < -0.39 is 0 Å². The van der Waals surface area contributed by atoms with Gasteiger partial charge in [-0.25, -0.2) is 0 Å². The Bertz CT molecular complexity index is 979. The van der Waals surface area contributed by atoms with Crippen LogP contribution in [0.4, 0.5) is 0 Å². The second-order valence-corrected chi connectivity index (χ2v) is 7.74. The van der Waals surface area contributed by atoms with Crippen LogP contribution >= 0.6 is 0 Å². The highest BCUT2D eigenvalue weighted by molar-refractivity contribution is 5.68. The van der Waals surface area contributed by atoms with E-state index in [0.717, 1.165) is 11.1 Å². The van der Waals surface area contributed by atoms with Crippen molar-refractivity contribution >= 4 is 0 Å². The van der Waals surface area contributed by atoms with E-state index >= 15 is 0 Å². The molecule has 0 aliphatic rings. The molecule has 0 spiro atoms. The Labute approximate surface area is 191 Å². The van der Waals surface area contributed by atoms with Crippen LogP contribution in [0, 0.1) is 6.92 Å². The third-order valence-corrected chi connectivity index (χ3v) is 5.66. The molecule has 3 aromatic rings. The van der Waals surface area contributed by atoms with Crippen LogP contribution in [0.3, 0.4) is 0 Å². The van der Waals surface area contributed by atoms with Crippen molar-refractivity contribution in [3.63, 3.8) is 0 Å². The molecule has 32 heavy (non-hydrogen) atoms. The van der Waals surface area contributed by atoms with Gasteiger partial charge in [-0.1, -0.05) is 55.5 Å². The second kappa shape index (κ2) is 11.6. The van der Waals surface area contributed by atoms with Gasteiger partial charge in [-0.15, -0.1) is 0 Å². The average molecular weight is 436 g/mol. The lowest BCUT2D eigenvalue weighted by Gasteiger charge is -2.18. The highest BCUT2D eigenvalue weighted by Crippen LogP contribution is 2.35. The molecule has 0 aromatic heterocycles. The quantitative estimate of drug-likeness (QED) is 0.438. The number of methoxy groups -OCH3 is 2. The number of benzene rings is 3.